The van der Waals surface area contributed by atoms with Gasteiger partial charge in [-0.1, -0.05) is 17.7 Å². The zero-order valence-electron chi connectivity index (χ0n) is 11.1. The van der Waals surface area contributed by atoms with Gasteiger partial charge in [-0.05, 0) is 42.5 Å². The fourth-order valence-electron chi connectivity index (χ4n) is 1.64. The Labute approximate surface area is 132 Å². The average molecular weight is 337 g/mol. The number of halogens is 2. The summed E-state index contributed by atoms with van der Waals surface area (Å²) in [6.45, 7) is 0. The van der Waals surface area contributed by atoms with Crippen molar-refractivity contribution in [3.63, 3.8) is 0 Å². The highest BCUT2D eigenvalue weighted by molar-refractivity contribution is 7.95. The van der Waals surface area contributed by atoms with Crippen LogP contribution in [0.5, 0.6) is 0 Å². The van der Waals surface area contributed by atoms with Gasteiger partial charge < -0.3 is 5.32 Å². The first kappa shape index (κ1) is 16.0. The minimum Gasteiger partial charge on any atom is -0.360 e. The van der Waals surface area contributed by atoms with Crippen LogP contribution < -0.4 is 5.32 Å². The lowest BCUT2D eigenvalue weighted by Crippen LogP contribution is -2.05. The molecule has 2 aromatic rings. The maximum atomic E-state index is 13.1. The first-order chi connectivity index (χ1) is 10.4. The monoisotopic (exact) mass is 336 g/mol. The second kappa shape index (κ2) is 6.60. The van der Waals surface area contributed by atoms with Crippen LogP contribution in [0.2, 0.25) is 5.02 Å². The van der Waals surface area contributed by atoms with Crippen molar-refractivity contribution >= 4 is 27.1 Å². The first-order valence-corrected chi connectivity index (χ1v) is 7.92. The fourth-order valence-corrected chi connectivity index (χ4v) is 2.85. The number of nitriles is 1. The van der Waals surface area contributed by atoms with Crippen LogP contribution in [0.15, 0.2) is 64.5 Å². The van der Waals surface area contributed by atoms with Crippen LogP contribution >= 0.6 is 11.6 Å². The zero-order chi connectivity index (χ0) is 16.2. The number of sulfone groups is 1. The van der Waals surface area contributed by atoms with Gasteiger partial charge in [-0.15, -0.1) is 0 Å². The molecule has 0 saturated heterocycles. The molecule has 0 aromatic heterocycles. The molecule has 0 spiro atoms. The van der Waals surface area contributed by atoms with E-state index in [4.69, 9.17) is 16.9 Å². The van der Waals surface area contributed by atoms with Crippen molar-refractivity contribution in [3.8, 4) is 6.07 Å². The van der Waals surface area contributed by atoms with Gasteiger partial charge >= 0.3 is 0 Å². The Balaban J connectivity index is 2.32. The molecule has 0 heterocycles. The molecular weight excluding hydrogens is 327 g/mol. The smallest absolute Gasteiger partial charge is 0.218 e. The Kier molecular flexibility index (Phi) is 4.81. The maximum absolute atomic E-state index is 13.1. The third-order valence-corrected chi connectivity index (χ3v) is 4.65. The molecule has 22 heavy (non-hydrogen) atoms. The van der Waals surface area contributed by atoms with Crippen LogP contribution in [0.1, 0.15) is 0 Å². The molecule has 2 rings (SSSR count). The largest absolute Gasteiger partial charge is 0.360 e. The summed E-state index contributed by atoms with van der Waals surface area (Å²) in [6, 6.07) is 12.5. The number of hydrogen-bond donors (Lipinski definition) is 1. The summed E-state index contributed by atoms with van der Waals surface area (Å²) in [5, 5.41) is 12.1. The van der Waals surface area contributed by atoms with Crippen LogP contribution in [0, 0.1) is 17.1 Å². The summed E-state index contributed by atoms with van der Waals surface area (Å²) >= 11 is 5.71. The van der Waals surface area contributed by atoms with E-state index in [-0.39, 0.29) is 4.90 Å². The predicted molar refractivity (Wildman–Crippen MR) is 82.4 cm³/mol. The topological polar surface area (TPSA) is 70.0 Å². The molecule has 0 unspecified atom stereocenters. The molecule has 2 aromatic carbocycles. The Morgan fingerprint density at radius 3 is 2.50 bits per heavy atom. The summed E-state index contributed by atoms with van der Waals surface area (Å²) in [5.41, 5.74) is 0.332. The minimum absolute atomic E-state index is 0.0502. The van der Waals surface area contributed by atoms with Gasteiger partial charge in [-0.25, -0.2) is 12.8 Å². The molecule has 7 heteroatoms. The predicted octanol–water partition coefficient (Wildman–Crippen LogP) is 3.73. The standard InChI is InChI=1S/C15H10ClFN2O2S/c16-11-4-6-14(7-5-11)22(20,21)15(9-18)10-19-13-3-1-2-12(17)8-13/h1-8,10,19H/b15-10+. The van der Waals surface area contributed by atoms with Crippen LogP contribution in [0.25, 0.3) is 0 Å². The van der Waals surface area contributed by atoms with E-state index in [2.05, 4.69) is 5.32 Å². The van der Waals surface area contributed by atoms with Gasteiger partial charge in [-0.3, -0.25) is 0 Å². The number of hydrogen-bond acceptors (Lipinski definition) is 4. The van der Waals surface area contributed by atoms with Gasteiger partial charge in [-0.2, -0.15) is 5.26 Å². The highest BCUT2D eigenvalue weighted by atomic mass is 35.5. The van der Waals surface area contributed by atoms with Gasteiger partial charge in [0.2, 0.25) is 9.84 Å². The van der Waals surface area contributed by atoms with E-state index in [9.17, 15) is 12.8 Å². The molecule has 0 fully saturated rings. The van der Waals surface area contributed by atoms with Crippen molar-refractivity contribution in [1.29, 1.82) is 5.26 Å². The molecule has 1 N–H and O–H groups in total. The molecule has 0 aliphatic heterocycles. The Morgan fingerprint density at radius 2 is 1.91 bits per heavy atom. The van der Waals surface area contributed by atoms with E-state index in [1.54, 1.807) is 12.1 Å². The van der Waals surface area contributed by atoms with E-state index in [1.807, 2.05) is 0 Å². The summed E-state index contributed by atoms with van der Waals surface area (Å²) in [6.07, 6.45) is 1.03. The summed E-state index contributed by atoms with van der Waals surface area (Å²) < 4.78 is 37.7. The van der Waals surface area contributed by atoms with Crippen molar-refractivity contribution in [3.05, 3.63) is 70.5 Å². The van der Waals surface area contributed by atoms with Gasteiger partial charge in [0.05, 0.1) is 4.90 Å². The lowest BCUT2D eigenvalue weighted by atomic mass is 10.3. The average Bonchev–Trinajstić information content (AvgIpc) is 2.48. The third kappa shape index (κ3) is 3.64. The molecule has 0 aliphatic carbocycles. The molecule has 0 saturated carbocycles. The van der Waals surface area contributed by atoms with Crippen molar-refractivity contribution in [1.82, 2.24) is 0 Å². The third-order valence-electron chi connectivity index (χ3n) is 2.72. The quantitative estimate of drug-likeness (QED) is 0.864. The number of nitrogens with zero attached hydrogens (tertiary/aromatic N) is 1. The van der Waals surface area contributed by atoms with Crippen LogP contribution in [0.3, 0.4) is 0 Å². The van der Waals surface area contributed by atoms with Crippen LogP contribution in [-0.2, 0) is 9.84 Å². The van der Waals surface area contributed by atoms with Crippen LogP contribution in [-0.4, -0.2) is 8.42 Å². The number of benzene rings is 2. The van der Waals surface area contributed by atoms with Crippen molar-refractivity contribution in [2.45, 2.75) is 4.90 Å². The van der Waals surface area contributed by atoms with E-state index >= 15 is 0 Å². The lowest BCUT2D eigenvalue weighted by Gasteiger charge is -2.05. The summed E-state index contributed by atoms with van der Waals surface area (Å²) in [5.74, 6) is -0.475. The van der Waals surface area contributed by atoms with E-state index in [1.165, 1.54) is 42.5 Å². The molecule has 0 bridgehead atoms. The minimum atomic E-state index is -3.96. The van der Waals surface area contributed by atoms with E-state index in [0.29, 0.717) is 10.7 Å². The van der Waals surface area contributed by atoms with Gasteiger partial charge in [0, 0.05) is 16.9 Å². The molecule has 112 valence electrons. The molecule has 0 atom stereocenters. The molecule has 0 amide bonds. The number of nitrogens with one attached hydrogen (secondary N) is 1. The number of rotatable bonds is 4. The second-order valence-corrected chi connectivity index (χ2v) is 6.59. The van der Waals surface area contributed by atoms with Crippen molar-refractivity contribution in [2.24, 2.45) is 0 Å². The normalized spacial score (nSPS) is 11.8. The van der Waals surface area contributed by atoms with Gasteiger partial charge in [0.1, 0.15) is 11.9 Å². The SMILES string of the molecule is N#C/C(=C\Nc1cccc(F)c1)S(=O)(=O)c1ccc(Cl)cc1. The fraction of sp³-hybridized carbons (Fsp3) is 0. The molecule has 4 nitrogen and oxygen atoms in total. The molecule has 0 radical (unpaired) electrons. The second-order valence-electron chi connectivity index (χ2n) is 4.23. The number of anilines is 1. The van der Waals surface area contributed by atoms with Gasteiger partial charge in [0.15, 0.2) is 4.91 Å². The Morgan fingerprint density at radius 1 is 1.23 bits per heavy atom. The van der Waals surface area contributed by atoms with E-state index in [0.717, 1.165) is 6.20 Å². The lowest BCUT2D eigenvalue weighted by molar-refractivity contribution is 0.603. The highest BCUT2D eigenvalue weighted by Gasteiger charge is 2.20. The van der Waals surface area contributed by atoms with Crippen molar-refractivity contribution in [2.75, 3.05) is 5.32 Å². The number of allylic oxidation sites excluding steroid dienone is 1. The molecule has 0 aliphatic rings. The summed E-state index contributed by atoms with van der Waals surface area (Å²) in [7, 11) is -3.96. The van der Waals surface area contributed by atoms with Crippen LogP contribution in [0.4, 0.5) is 10.1 Å². The first-order valence-electron chi connectivity index (χ1n) is 6.06. The van der Waals surface area contributed by atoms with Gasteiger partial charge in [0.25, 0.3) is 0 Å². The van der Waals surface area contributed by atoms with E-state index < -0.39 is 20.6 Å². The Bertz CT molecular complexity index is 856. The Hall–Kier alpha value is -2.36. The summed E-state index contributed by atoms with van der Waals surface area (Å²) in [4.78, 5) is -0.537. The van der Waals surface area contributed by atoms with Crippen molar-refractivity contribution < 1.29 is 12.8 Å². The zero-order valence-corrected chi connectivity index (χ0v) is 12.7. The molecular formula is C15H10ClFN2O2S. The highest BCUT2D eigenvalue weighted by Crippen LogP contribution is 2.21. The maximum Gasteiger partial charge on any atom is 0.218 e.